The van der Waals surface area contributed by atoms with Crippen LogP contribution < -0.4 is 9.64 Å². The number of para-hydroxylation sites is 1. The van der Waals surface area contributed by atoms with Crippen molar-refractivity contribution in [1.82, 2.24) is 4.90 Å². The Kier molecular flexibility index (Phi) is 5.05. The molecular weight excluding hydrogens is 468 g/mol. The van der Waals surface area contributed by atoms with Gasteiger partial charge >= 0.3 is 6.03 Å². The van der Waals surface area contributed by atoms with Gasteiger partial charge in [0.05, 0.1) is 6.04 Å². The van der Waals surface area contributed by atoms with Gasteiger partial charge in [0, 0.05) is 27.7 Å². The first-order valence-electron chi connectivity index (χ1n) is 10.7. The second-order valence-electron chi connectivity index (χ2n) is 8.36. The summed E-state index contributed by atoms with van der Waals surface area (Å²) < 4.78 is 7.29. The third-order valence-electron chi connectivity index (χ3n) is 6.25. The molecule has 2 bridgehead atoms. The summed E-state index contributed by atoms with van der Waals surface area (Å²) in [7, 11) is 0. The summed E-state index contributed by atoms with van der Waals surface area (Å²) in [4.78, 5) is 30.7. The molecule has 1 fully saturated rings. The number of carbonyl (C=O) groups excluding carboxylic acids is 2. The Balaban J connectivity index is 1.66. The zero-order valence-electron chi connectivity index (χ0n) is 17.9. The fourth-order valence-corrected chi connectivity index (χ4v) is 4.93. The minimum absolute atomic E-state index is 0.317. The molecule has 0 saturated carbocycles. The number of nitrogens with zero attached hydrogens (tertiary/aromatic N) is 2. The van der Waals surface area contributed by atoms with E-state index in [9.17, 15) is 9.59 Å². The van der Waals surface area contributed by atoms with Gasteiger partial charge < -0.3 is 4.74 Å². The number of imide groups is 1. The number of carbonyl (C=O) groups is 2. The maximum Gasteiger partial charge on any atom is 0.335 e. The molecule has 3 aromatic rings. The smallest absolute Gasteiger partial charge is 0.335 e. The van der Waals surface area contributed by atoms with E-state index in [1.54, 1.807) is 17.0 Å². The largest absolute Gasteiger partial charge is 0.467 e. The van der Waals surface area contributed by atoms with Gasteiger partial charge in [0.15, 0.2) is 5.72 Å². The molecule has 2 aliphatic heterocycles. The van der Waals surface area contributed by atoms with Crippen LogP contribution >= 0.6 is 15.9 Å². The Hall–Kier alpha value is -3.12. The van der Waals surface area contributed by atoms with Gasteiger partial charge in [-0.2, -0.15) is 0 Å². The third kappa shape index (κ3) is 3.30. The van der Waals surface area contributed by atoms with E-state index in [1.165, 1.54) is 4.90 Å². The molecule has 2 aliphatic rings. The van der Waals surface area contributed by atoms with Crippen LogP contribution in [0.5, 0.6) is 5.75 Å². The van der Waals surface area contributed by atoms with Gasteiger partial charge in [-0.15, -0.1) is 0 Å². The van der Waals surface area contributed by atoms with Crippen molar-refractivity contribution in [3.8, 4) is 5.75 Å². The minimum atomic E-state index is -0.904. The summed E-state index contributed by atoms with van der Waals surface area (Å²) in [5.74, 6) is 0.381. The normalized spacial score (nSPS) is 21.7. The van der Waals surface area contributed by atoms with E-state index >= 15 is 0 Å². The van der Waals surface area contributed by atoms with Crippen molar-refractivity contribution in [3.63, 3.8) is 0 Å². The van der Waals surface area contributed by atoms with Crippen molar-refractivity contribution < 1.29 is 14.3 Å². The van der Waals surface area contributed by atoms with E-state index in [1.807, 2.05) is 67.6 Å². The van der Waals surface area contributed by atoms with Gasteiger partial charge in [0.1, 0.15) is 5.75 Å². The van der Waals surface area contributed by atoms with E-state index in [4.69, 9.17) is 4.74 Å². The van der Waals surface area contributed by atoms with Crippen LogP contribution in [0.15, 0.2) is 77.3 Å². The number of aryl methyl sites for hydroxylation is 1. The average molecular weight is 491 g/mol. The van der Waals surface area contributed by atoms with E-state index < -0.39 is 11.8 Å². The second-order valence-corrected chi connectivity index (χ2v) is 9.27. The molecule has 3 amide bonds. The zero-order chi connectivity index (χ0) is 22.5. The van der Waals surface area contributed by atoms with Gasteiger partial charge in [0.2, 0.25) is 0 Å². The summed E-state index contributed by atoms with van der Waals surface area (Å²) in [6.45, 7) is 4.00. The molecule has 0 N–H and O–H groups in total. The third-order valence-corrected chi connectivity index (χ3v) is 6.78. The fraction of sp³-hybridized carbons (Fsp3) is 0.231. The summed E-state index contributed by atoms with van der Waals surface area (Å²) in [6, 6.07) is 21.8. The van der Waals surface area contributed by atoms with Crippen LogP contribution in [0.4, 0.5) is 10.5 Å². The van der Waals surface area contributed by atoms with Crippen molar-refractivity contribution in [3.05, 3.63) is 94.0 Å². The number of hydrogen-bond donors (Lipinski definition) is 0. The highest BCUT2D eigenvalue weighted by atomic mass is 79.9. The number of halogens is 1. The molecular formula is C26H23BrN2O3. The Morgan fingerprint density at radius 2 is 1.84 bits per heavy atom. The predicted molar refractivity (Wildman–Crippen MR) is 127 cm³/mol. The lowest BCUT2D eigenvalue weighted by Gasteiger charge is -2.53. The standard InChI is InChI=1S/C26H23BrN2O3/c1-3-17-7-6-8-20(15-17)29-25(31)28(24(30)18-11-13-19(27)14-12-18)22-16-26(29,2)32-23-10-5-4-9-21(22)23/h4-15,22H,3,16H2,1-2H3/t22-,26-/m0/s1. The summed E-state index contributed by atoms with van der Waals surface area (Å²) in [6.07, 6.45) is 1.33. The zero-order valence-corrected chi connectivity index (χ0v) is 19.5. The molecule has 32 heavy (non-hydrogen) atoms. The number of ether oxygens (including phenoxy) is 1. The number of hydrogen-bond acceptors (Lipinski definition) is 3. The van der Waals surface area contributed by atoms with Gasteiger partial charge in [-0.1, -0.05) is 53.2 Å². The summed E-state index contributed by atoms with van der Waals surface area (Å²) in [5, 5.41) is 0. The molecule has 2 heterocycles. The lowest BCUT2D eigenvalue weighted by molar-refractivity contribution is 0.00268. The summed E-state index contributed by atoms with van der Waals surface area (Å²) in [5.41, 5.74) is 2.26. The highest BCUT2D eigenvalue weighted by Crippen LogP contribution is 2.49. The number of anilines is 1. The number of amides is 3. The SMILES string of the molecule is CCc1cccc(N2C(=O)N(C(=O)c3ccc(Br)cc3)[C@H]3C[C@]2(C)Oc2ccccc23)c1. The molecule has 1 saturated heterocycles. The van der Waals surface area contributed by atoms with Crippen molar-refractivity contribution in [2.45, 2.75) is 38.5 Å². The maximum absolute atomic E-state index is 14.0. The molecule has 5 nitrogen and oxygen atoms in total. The minimum Gasteiger partial charge on any atom is -0.467 e. The topological polar surface area (TPSA) is 49.9 Å². The quantitative estimate of drug-likeness (QED) is 0.430. The van der Waals surface area contributed by atoms with Gasteiger partial charge in [-0.3, -0.25) is 14.6 Å². The lowest BCUT2D eigenvalue weighted by Crippen LogP contribution is -2.67. The molecule has 0 aromatic heterocycles. The van der Waals surface area contributed by atoms with Crippen LogP contribution in [-0.4, -0.2) is 22.6 Å². The van der Waals surface area contributed by atoms with Gasteiger partial charge in [-0.05, 0) is 61.4 Å². The van der Waals surface area contributed by atoms with Crippen LogP contribution in [0, 0.1) is 0 Å². The summed E-state index contributed by atoms with van der Waals surface area (Å²) >= 11 is 3.41. The highest BCUT2D eigenvalue weighted by Gasteiger charge is 2.55. The molecule has 6 heteroatoms. The van der Waals surface area contributed by atoms with Crippen LogP contribution in [-0.2, 0) is 6.42 Å². The molecule has 162 valence electrons. The second kappa shape index (κ2) is 7.78. The lowest BCUT2D eigenvalue weighted by atomic mass is 9.88. The fourth-order valence-electron chi connectivity index (χ4n) is 4.67. The van der Waals surface area contributed by atoms with Crippen molar-refractivity contribution in [2.24, 2.45) is 0 Å². The first-order valence-corrected chi connectivity index (χ1v) is 11.5. The van der Waals surface area contributed by atoms with Gasteiger partial charge in [0.25, 0.3) is 5.91 Å². The Bertz CT molecular complexity index is 1210. The van der Waals surface area contributed by atoms with E-state index in [0.717, 1.165) is 27.7 Å². The van der Waals surface area contributed by atoms with E-state index in [2.05, 4.69) is 22.9 Å². The molecule has 5 rings (SSSR count). The number of rotatable bonds is 3. The first kappa shape index (κ1) is 20.8. The Morgan fingerprint density at radius 3 is 2.59 bits per heavy atom. The Labute approximate surface area is 195 Å². The van der Waals surface area contributed by atoms with Crippen molar-refractivity contribution in [1.29, 1.82) is 0 Å². The van der Waals surface area contributed by atoms with E-state index in [0.29, 0.717) is 17.7 Å². The number of urea groups is 1. The van der Waals surface area contributed by atoms with Crippen LogP contribution in [0.3, 0.4) is 0 Å². The molecule has 0 aliphatic carbocycles. The first-order chi connectivity index (χ1) is 15.4. The highest BCUT2D eigenvalue weighted by molar-refractivity contribution is 9.10. The Morgan fingerprint density at radius 1 is 1.09 bits per heavy atom. The van der Waals surface area contributed by atoms with Crippen LogP contribution in [0.25, 0.3) is 0 Å². The molecule has 2 atom stereocenters. The molecule has 0 radical (unpaired) electrons. The monoisotopic (exact) mass is 490 g/mol. The number of benzene rings is 3. The predicted octanol–water partition coefficient (Wildman–Crippen LogP) is 6.33. The van der Waals surface area contributed by atoms with Crippen molar-refractivity contribution >= 4 is 33.6 Å². The maximum atomic E-state index is 14.0. The van der Waals surface area contributed by atoms with Gasteiger partial charge in [-0.25, -0.2) is 4.79 Å². The van der Waals surface area contributed by atoms with Crippen LogP contribution in [0.2, 0.25) is 0 Å². The van der Waals surface area contributed by atoms with Crippen LogP contribution in [0.1, 0.15) is 47.8 Å². The van der Waals surface area contributed by atoms with E-state index in [-0.39, 0.29) is 11.9 Å². The van der Waals surface area contributed by atoms with Crippen molar-refractivity contribution in [2.75, 3.05) is 4.90 Å². The average Bonchev–Trinajstić information content (AvgIpc) is 2.79. The molecule has 3 aromatic carbocycles. The molecule has 0 spiro atoms. The molecule has 0 unspecified atom stereocenters. The number of fused-ring (bicyclic) bond motifs is 4.